The van der Waals surface area contributed by atoms with E-state index in [0.717, 1.165) is 73.8 Å². The lowest BCUT2D eigenvalue weighted by Crippen LogP contribution is -2.29. The standard InChI is InChI=1S/C30H41ClN2O2S/c1-3-33(17-16-24-11-4-5-12-26(21-36)22(24)2)28-20-25(30(32)34)14-15-29(28)35-18-7-6-9-23-10-8-13-27(31)19-23/h4-5,8,10,13-15,19-20,22,24,26,36H,3,6-7,9,11-12,16-18,21H2,1-2H3,(H2,32,34)/t22-,24?,26?/m0/s1. The lowest BCUT2D eigenvalue weighted by Gasteiger charge is -2.31. The lowest BCUT2D eigenvalue weighted by atomic mass is 9.80. The van der Waals surface area contributed by atoms with Crippen molar-refractivity contribution in [2.24, 2.45) is 23.5 Å². The monoisotopic (exact) mass is 528 g/mol. The summed E-state index contributed by atoms with van der Waals surface area (Å²) in [5.74, 6) is 3.19. The Labute approximate surface area is 227 Å². The minimum atomic E-state index is -0.417. The fourth-order valence-electron chi connectivity index (χ4n) is 5.09. The van der Waals surface area contributed by atoms with Crippen molar-refractivity contribution in [2.45, 2.75) is 52.4 Å². The number of primary amides is 1. The number of unbranched alkanes of at least 4 members (excludes halogenated alkanes) is 1. The van der Waals surface area contributed by atoms with E-state index in [2.05, 4.69) is 49.6 Å². The van der Waals surface area contributed by atoms with Gasteiger partial charge in [0.1, 0.15) is 5.75 Å². The van der Waals surface area contributed by atoms with Gasteiger partial charge in [-0.1, -0.05) is 42.8 Å². The van der Waals surface area contributed by atoms with Crippen molar-refractivity contribution < 1.29 is 9.53 Å². The molecule has 36 heavy (non-hydrogen) atoms. The normalized spacial score (nSPS) is 19.6. The Balaban J connectivity index is 1.64. The molecule has 0 saturated carbocycles. The Kier molecular flexibility index (Phi) is 11.5. The highest BCUT2D eigenvalue weighted by molar-refractivity contribution is 7.80. The number of carbonyl (C=O) groups is 1. The average molecular weight is 529 g/mol. The Morgan fingerprint density at radius 1 is 1.14 bits per heavy atom. The van der Waals surface area contributed by atoms with E-state index in [1.807, 2.05) is 30.3 Å². The third kappa shape index (κ3) is 8.21. The number of allylic oxidation sites excluding steroid dienone is 2. The summed E-state index contributed by atoms with van der Waals surface area (Å²) in [5.41, 5.74) is 8.32. The van der Waals surface area contributed by atoms with Crippen LogP contribution in [-0.2, 0) is 6.42 Å². The number of thiol groups is 1. The van der Waals surface area contributed by atoms with E-state index >= 15 is 0 Å². The second-order valence-corrected chi connectivity index (χ2v) is 10.7. The van der Waals surface area contributed by atoms with Crippen LogP contribution in [0, 0.1) is 17.8 Å². The van der Waals surface area contributed by atoms with Crippen molar-refractivity contribution >= 4 is 35.8 Å². The van der Waals surface area contributed by atoms with Crippen LogP contribution in [0.15, 0.2) is 54.6 Å². The Morgan fingerprint density at radius 2 is 1.92 bits per heavy atom. The van der Waals surface area contributed by atoms with Gasteiger partial charge < -0.3 is 15.4 Å². The summed E-state index contributed by atoms with van der Waals surface area (Å²) in [4.78, 5) is 14.3. The first-order valence-corrected chi connectivity index (χ1v) is 14.3. The Morgan fingerprint density at radius 3 is 2.61 bits per heavy atom. The van der Waals surface area contributed by atoms with Crippen LogP contribution in [0.4, 0.5) is 5.69 Å². The zero-order chi connectivity index (χ0) is 25.9. The molecule has 3 rings (SSSR count). The van der Waals surface area contributed by atoms with Crippen LogP contribution in [0.5, 0.6) is 5.75 Å². The fraction of sp³-hybridized carbons (Fsp3) is 0.500. The number of hydrogen-bond acceptors (Lipinski definition) is 4. The first-order valence-electron chi connectivity index (χ1n) is 13.2. The molecule has 0 fully saturated rings. The fourth-order valence-corrected chi connectivity index (χ4v) is 5.79. The number of nitrogens with two attached hydrogens (primary N) is 1. The molecule has 1 amide bonds. The molecule has 3 atom stereocenters. The zero-order valence-corrected chi connectivity index (χ0v) is 23.3. The lowest BCUT2D eigenvalue weighted by molar-refractivity contribution is 0.1000. The Bertz CT molecular complexity index is 1010. The number of hydrogen-bond donors (Lipinski definition) is 2. The molecule has 2 aromatic carbocycles. The number of benzene rings is 2. The zero-order valence-electron chi connectivity index (χ0n) is 21.7. The number of anilines is 1. The van der Waals surface area contributed by atoms with Gasteiger partial charge in [0, 0.05) is 23.7 Å². The number of carbonyl (C=O) groups excluding carboxylic acids is 1. The number of amides is 1. The minimum absolute atomic E-state index is 0.417. The van der Waals surface area contributed by atoms with E-state index in [1.165, 1.54) is 5.56 Å². The molecule has 0 aromatic heterocycles. The van der Waals surface area contributed by atoms with Gasteiger partial charge in [-0.2, -0.15) is 12.6 Å². The summed E-state index contributed by atoms with van der Waals surface area (Å²) >= 11 is 10.7. The van der Waals surface area contributed by atoms with Gasteiger partial charge in [0.15, 0.2) is 0 Å². The highest BCUT2D eigenvalue weighted by atomic mass is 35.5. The first kappa shape index (κ1) is 28.5. The second kappa shape index (κ2) is 14.6. The number of halogens is 1. The molecular formula is C30H41ClN2O2S. The van der Waals surface area contributed by atoms with Gasteiger partial charge in [0.2, 0.25) is 5.91 Å². The second-order valence-electron chi connectivity index (χ2n) is 9.86. The molecule has 2 unspecified atom stereocenters. The minimum Gasteiger partial charge on any atom is -0.491 e. The molecule has 6 heteroatoms. The van der Waals surface area contributed by atoms with Crippen molar-refractivity contribution in [2.75, 3.05) is 30.3 Å². The van der Waals surface area contributed by atoms with Gasteiger partial charge >= 0.3 is 0 Å². The SMILES string of the molecule is CCN(CCC1CC=CCC(CS)[C@H]1C)c1cc(C(N)=O)ccc1OCCCCc1cccc(Cl)c1. The third-order valence-electron chi connectivity index (χ3n) is 7.51. The molecule has 0 bridgehead atoms. The van der Waals surface area contributed by atoms with Crippen molar-refractivity contribution in [3.05, 3.63) is 70.8 Å². The first-order chi connectivity index (χ1) is 17.4. The summed E-state index contributed by atoms with van der Waals surface area (Å²) in [7, 11) is 0. The molecule has 1 aliphatic carbocycles. The van der Waals surface area contributed by atoms with Gasteiger partial charge in [-0.25, -0.2) is 0 Å². The molecule has 196 valence electrons. The van der Waals surface area contributed by atoms with Gasteiger partial charge in [0.05, 0.1) is 12.3 Å². The number of ether oxygens (including phenoxy) is 1. The van der Waals surface area contributed by atoms with Crippen LogP contribution in [0.2, 0.25) is 5.02 Å². The van der Waals surface area contributed by atoms with Crippen molar-refractivity contribution in [3.63, 3.8) is 0 Å². The summed E-state index contributed by atoms with van der Waals surface area (Å²) in [6.45, 7) is 6.89. The molecule has 2 aromatic rings. The Hall–Kier alpha value is -2.11. The number of rotatable bonds is 13. The van der Waals surface area contributed by atoms with Gasteiger partial charge in [-0.15, -0.1) is 0 Å². The molecule has 0 radical (unpaired) electrons. The predicted molar refractivity (Wildman–Crippen MR) is 156 cm³/mol. The van der Waals surface area contributed by atoms with Gasteiger partial charge in [-0.05, 0) is 105 Å². The van der Waals surface area contributed by atoms with Crippen LogP contribution in [0.3, 0.4) is 0 Å². The van der Waals surface area contributed by atoms with Crippen LogP contribution in [0.1, 0.15) is 61.9 Å². The summed E-state index contributed by atoms with van der Waals surface area (Å²) in [6, 6.07) is 13.6. The number of nitrogens with zero attached hydrogens (tertiary/aromatic N) is 1. The molecular weight excluding hydrogens is 488 g/mol. The van der Waals surface area contributed by atoms with Crippen molar-refractivity contribution in [1.29, 1.82) is 0 Å². The highest BCUT2D eigenvalue weighted by Crippen LogP contribution is 2.35. The topological polar surface area (TPSA) is 55.6 Å². The maximum Gasteiger partial charge on any atom is 0.248 e. The molecule has 0 spiro atoms. The van der Waals surface area contributed by atoms with Crippen LogP contribution in [0.25, 0.3) is 0 Å². The molecule has 1 aliphatic rings. The molecule has 0 saturated heterocycles. The summed E-state index contributed by atoms with van der Waals surface area (Å²) in [5, 5.41) is 0.776. The predicted octanol–water partition coefficient (Wildman–Crippen LogP) is 7.21. The average Bonchev–Trinajstić information content (AvgIpc) is 3.05. The largest absolute Gasteiger partial charge is 0.491 e. The quantitative estimate of drug-likeness (QED) is 0.164. The van der Waals surface area contributed by atoms with Crippen LogP contribution < -0.4 is 15.4 Å². The van der Waals surface area contributed by atoms with Crippen LogP contribution in [-0.4, -0.2) is 31.4 Å². The number of aryl methyl sites for hydroxylation is 1. The van der Waals surface area contributed by atoms with Gasteiger partial charge in [-0.3, -0.25) is 4.79 Å². The smallest absolute Gasteiger partial charge is 0.248 e. The highest BCUT2D eigenvalue weighted by Gasteiger charge is 2.26. The maximum absolute atomic E-state index is 11.9. The van der Waals surface area contributed by atoms with E-state index in [-0.39, 0.29) is 0 Å². The van der Waals surface area contributed by atoms with E-state index in [1.54, 1.807) is 6.07 Å². The summed E-state index contributed by atoms with van der Waals surface area (Å²) in [6.07, 6.45) is 10.9. The molecule has 4 nitrogen and oxygen atoms in total. The van der Waals surface area contributed by atoms with E-state index in [4.69, 9.17) is 22.1 Å². The van der Waals surface area contributed by atoms with Crippen molar-refractivity contribution in [3.8, 4) is 5.75 Å². The van der Waals surface area contributed by atoms with E-state index in [9.17, 15) is 4.79 Å². The van der Waals surface area contributed by atoms with E-state index in [0.29, 0.717) is 29.9 Å². The molecule has 0 aliphatic heterocycles. The molecule has 0 heterocycles. The third-order valence-corrected chi connectivity index (χ3v) is 8.21. The van der Waals surface area contributed by atoms with Gasteiger partial charge in [0.25, 0.3) is 0 Å². The maximum atomic E-state index is 11.9. The molecule has 2 N–H and O–H groups in total. The van der Waals surface area contributed by atoms with Crippen LogP contribution >= 0.6 is 24.2 Å². The summed E-state index contributed by atoms with van der Waals surface area (Å²) < 4.78 is 6.24. The van der Waals surface area contributed by atoms with Crippen molar-refractivity contribution in [1.82, 2.24) is 0 Å². The van der Waals surface area contributed by atoms with E-state index < -0.39 is 5.91 Å².